The summed E-state index contributed by atoms with van der Waals surface area (Å²) in [6.07, 6.45) is 0. The van der Waals surface area contributed by atoms with Gasteiger partial charge in [-0.1, -0.05) is 30.3 Å². The van der Waals surface area contributed by atoms with Crippen LogP contribution in [-0.2, 0) is 7.05 Å². The highest BCUT2D eigenvalue weighted by molar-refractivity contribution is 6.15. The number of phenolic OH excluding ortho intramolecular Hbond substituents is 1. The molecule has 0 atom stereocenters. The van der Waals surface area contributed by atoms with Crippen LogP contribution in [0.2, 0.25) is 0 Å². The predicted molar refractivity (Wildman–Crippen MR) is 103 cm³/mol. The molecule has 27 heavy (non-hydrogen) atoms. The number of carbonyl (C=O) groups is 1. The van der Waals surface area contributed by atoms with Gasteiger partial charge in [-0.2, -0.15) is 0 Å². The van der Waals surface area contributed by atoms with Crippen LogP contribution >= 0.6 is 0 Å². The second kappa shape index (κ2) is 6.14. The standard InChI is InChI=1S/C20H15N3O4/c1-23-15-8-7-12(10-14(15)18(25)22-20(23)27)21-19(26)17-13-5-3-2-4-11(13)6-9-16(17)24/h2-10,24H,1H3,(H,21,26)(H,22,25,27). The molecule has 3 N–H and O–H groups in total. The van der Waals surface area contributed by atoms with Crippen molar-refractivity contribution in [3.05, 3.63) is 81.0 Å². The van der Waals surface area contributed by atoms with Crippen LogP contribution in [0.25, 0.3) is 21.7 Å². The molecule has 0 fully saturated rings. The number of hydrogen-bond acceptors (Lipinski definition) is 4. The number of fused-ring (bicyclic) bond motifs is 2. The molecule has 3 aromatic carbocycles. The van der Waals surface area contributed by atoms with Crippen molar-refractivity contribution < 1.29 is 9.90 Å². The van der Waals surface area contributed by atoms with E-state index in [0.717, 1.165) is 5.39 Å². The van der Waals surface area contributed by atoms with E-state index in [4.69, 9.17) is 0 Å². The van der Waals surface area contributed by atoms with Crippen LogP contribution < -0.4 is 16.6 Å². The second-order valence-corrected chi connectivity index (χ2v) is 6.19. The van der Waals surface area contributed by atoms with Crippen molar-refractivity contribution in [2.24, 2.45) is 7.05 Å². The van der Waals surface area contributed by atoms with Gasteiger partial charge < -0.3 is 10.4 Å². The van der Waals surface area contributed by atoms with Gasteiger partial charge in [-0.3, -0.25) is 19.1 Å². The van der Waals surface area contributed by atoms with Crippen molar-refractivity contribution in [2.45, 2.75) is 0 Å². The molecule has 0 spiro atoms. The number of aromatic nitrogens is 2. The lowest BCUT2D eigenvalue weighted by Crippen LogP contribution is -2.28. The zero-order valence-corrected chi connectivity index (χ0v) is 14.3. The highest BCUT2D eigenvalue weighted by Gasteiger charge is 2.16. The number of aryl methyl sites for hydroxylation is 1. The fourth-order valence-corrected chi connectivity index (χ4v) is 3.14. The lowest BCUT2D eigenvalue weighted by Gasteiger charge is -2.11. The number of H-pyrrole nitrogens is 1. The van der Waals surface area contributed by atoms with Crippen molar-refractivity contribution in [2.75, 3.05) is 5.32 Å². The summed E-state index contributed by atoms with van der Waals surface area (Å²) in [7, 11) is 1.55. The van der Waals surface area contributed by atoms with E-state index in [0.29, 0.717) is 16.6 Å². The Morgan fingerprint density at radius 3 is 2.63 bits per heavy atom. The lowest BCUT2D eigenvalue weighted by atomic mass is 10.0. The van der Waals surface area contributed by atoms with E-state index in [9.17, 15) is 19.5 Å². The van der Waals surface area contributed by atoms with Crippen LogP contribution in [0, 0.1) is 0 Å². The average molecular weight is 361 g/mol. The lowest BCUT2D eigenvalue weighted by molar-refractivity contribution is 0.102. The first-order chi connectivity index (χ1) is 13.0. The maximum absolute atomic E-state index is 12.8. The minimum Gasteiger partial charge on any atom is -0.507 e. The monoisotopic (exact) mass is 361 g/mol. The maximum Gasteiger partial charge on any atom is 0.328 e. The summed E-state index contributed by atoms with van der Waals surface area (Å²) in [6, 6.07) is 15.1. The van der Waals surface area contributed by atoms with Gasteiger partial charge in [-0.05, 0) is 35.0 Å². The normalized spacial score (nSPS) is 11.0. The van der Waals surface area contributed by atoms with Crippen LogP contribution in [0.4, 0.5) is 5.69 Å². The molecule has 0 bridgehead atoms. The first kappa shape index (κ1) is 16.6. The number of hydrogen-bond donors (Lipinski definition) is 3. The quantitative estimate of drug-likeness (QED) is 0.510. The van der Waals surface area contributed by atoms with Crippen LogP contribution in [0.1, 0.15) is 10.4 Å². The van der Waals surface area contributed by atoms with E-state index in [1.165, 1.54) is 16.7 Å². The van der Waals surface area contributed by atoms with Crippen molar-refractivity contribution in [3.63, 3.8) is 0 Å². The van der Waals surface area contributed by atoms with E-state index in [1.807, 2.05) is 12.1 Å². The number of aromatic amines is 1. The molecule has 7 nitrogen and oxygen atoms in total. The molecule has 0 saturated heterocycles. The summed E-state index contributed by atoms with van der Waals surface area (Å²) in [5.41, 5.74) is -0.0523. The highest BCUT2D eigenvalue weighted by atomic mass is 16.3. The number of amides is 1. The molecular weight excluding hydrogens is 346 g/mol. The van der Waals surface area contributed by atoms with Gasteiger partial charge in [0.15, 0.2) is 0 Å². The fourth-order valence-electron chi connectivity index (χ4n) is 3.14. The number of nitrogens with one attached hydrogen (secondary N) is 2. The van der Waals surface area contributed by atoms with Crippen molar-refractivity contribution in [1.29, 1.82) is 0 Å². The Morgan fingerprint density at radius 2 is 1.81 bits per heavy atom. The van der Waals surface area contributed by atoms with Crippen molar-refractivity contribution in [1.82, 2.24) is 9.55 Å². The molecule has 4 rings (SSSR count). The minimum atomic E-state index is -0.530. The Kier molecular flexibility index (Phi) is 3.77. The Morgan fingerprint density at radius 1 is 1.04 bits per heavy atom. The summed E-state index contributed by atoms with van der Waals surface area (Å²) < 4.78 is 1.32. The van der Waals surface area contributed by atoms with Crippen LogP contribution in [0.5, 0.6) is 5.75 Å². The SMILES string of the molecule is Cn1c(=O)[nH]c(=O)c2cc(NC(=O)c3c(O)ccc4ccccc34)ccc21. The van der Waals surface area contributed by atoms with Gasteiger partial charge in [0, 0.05) is 12.7 Å². The molecule has 4 aromatic rings. The molecule has 0 aliphatic carbocycles. The molecule has 0 radical (unpaired) electrons. The third kappa shape index (κ3) is 2.75. The zero-order chi connectivity index (χ0) is 19.1. The van der Waals surface area contributed by atoms with Gasteiger partial charge in [-0.25, -0.2) is 4.79 Å². The van der Waals surface area contributed by atoms with E-state index in [2.05, 4.69) is 10.3 Å². The average Bonchev–Trinajstić information content (AvgIpc) is 2.66. The Labute approximate surface area is 152 Å². The van der Waals surface area contributed by atoms with E-state index in [-0.39, 0.29) is 16.7 Å². The van der Waals surface area contributed by atoms with Gasteiger partial charge >= 0.3 is 5.69 Å². The van der Waals surface area contributed by atoms with Gasteiger partial charge in [-0.15, -0.1) is 0 Å². The molecule has 1 aromatic heterocycles. The van der Waals surface area contributed by atoms with Gasteiger partial charge in [0.05, 0.1) is 16.5 Å². The maximum atomic E-state index is 12.8. The predicted octanol–water partition coefficient (Wildman–Crippen LogP) is 2.34. The summed E-state index contributed by atoms with van der Waals surface area (Å²) in [6.45, 7) is 0. The Bertz CT molecular complexity index is 1330. The number of aromatic hydroxyl groups is 1. The van der Waals surface area contributed by atoms with Crippen molar-refractivity contribution in [3.8, 4) is 5.75 Å². The van der Waals surface area contributed by atoms with Crippen molar-refractivity contribution >= 4 is 33.3 Å². The van der Waals surface area contributed by atoms with E-state index < -0.39 is 17.2 Å². The zero-order valence-electron chi connectivity index (χ0n) is 14.3. The first-order valence-corrected chi connectivity index (χ1v) is 8.21. The minimum absolute atomic E-state index is 0.132. The number of carbonyl (C=O) groups excluding carboxylic acids is 1. The molecule has 0 saturated carbocycles. The number of anilines is 1. The molecule has 1 amide bonds. The Balaban J connectivity index is 1.79. The summed E-state index contributed by atoms with van der Waals surface area (Å²) in [4.78, 5) is 38.7. The van der Waals surface area contributed by atoms with Crippen LogP contribution in [-0.4, -0.2) is 20.6 Å². The highest BCUT2D eigenvalue weighted by Crippen LogP contribution is 2.28. The number of benzene rings is 3. The summed E-state index contributed by atoms with van der Waals surface area (Å²) in [5.74, 6) is -0.628. The van der Waals surface area contributed by atoms with Gasteiger partial charge in [0.2, 0.25) is 0 Å². The number of rotatable bonds is 2. The van der Waals surface area contributed by atoms with Crippen LogP contribution in [0.3, 0.4) is 0 Å². The third-order valence-corrected chi connectivity index (χ3v) is 4.52. The molecule has 0 unspecified atom stereocenters. The molecule has 0 aliphatic rings. The van der Waals surface area contributed by atoms with E-state index >= 15 is 0 Å². The van der Waals surface area contributed by atoms with Crippen LogP contribution in [0.15, 0.2) is 64.2 Å². The topological polar surface area (TPSA) is 104 Å². The largest absolute Gasteiger partial charge is 0.507 e. The summed E-state index contributed by atoms with van der Waals surface area (Å²) in [5, 5.41) is 14.6. The second-order valence-electron chi connectivity index (χ2n) is 6.19. The van der Waals surface area contributed by atoms with Gasteiger partial charge in [0.25, 0.3) is 11.5 Å². The molecular formula is C20H15N3O4. The molecule has 134 valence electrons. The van der Waals surface area contributed by atoms with E-state index in [1.54, 1.807) is 37.4 Å². The Hall–Kier alpha value is -3.87. The molecule has 0 aliphatic heterocycles. The number of phenols is 1. The third-order valence-electron chi connectivity index (χ3n) is 4.52. The van der Waals surface area contributed by atoms with Gasteiger partial charge in [0.1, 0.15) is 5.75 Å². The fraction of sp³-hybridized carbons (Fsp3) is 0.0500. The number of nitrogens with zero attached hydrogens (tertiary/aromatic N) is 1. The summed E-state index contributed by atoms with van der Waals surface area (Å²) >= 11 is 0. The first-order valence-electron chi connectivity index (χ1n) is 8.21. The molecule has 1 heterocycles. The smallest absolute Gasteiger partial charge is 0.328 e. The molecule has 7 heteroatoms.